The van der Waals surface area contributed by atoms with Crippen LogP contribution in [0.2, 0.25) is 0 Å². The first-order chi connectivity index (χ1) is 11.6. The molecule has 0 saturated carbocycles. The Hall–Kier alpha value is -2.41. The van der Waals surface area contributed by atoms with Crippen LogP contribution in [-0.4, -0.2) is 47.9 Å². The number of nitrogens with one attached hydrogen (secondary N) is 1. The zero-order valence-electron chi connectivity index (χ0n) is 14.0. The van der Waals surface area contributed by atoms with Gasteiger partial charge in [-0.1, -0.05) is 35.0 Å². The fraction of sp³-hybridized carbons (Fsp3) is 0.471. The van der Waals surface area contributed by atoms with Crippen molar-refractivity contribution in [2.24, 2.45) is 5.92 Å². The molecule has 1 N–H and O–H groups in total. The van der Waals surface area contributed by atoms with Gasteiger partial charge in [-0.2, -0.15) is 4.98 Å². The van der Waals surface area contributed by atoms with Crippen LogP contribution in [-0.2, 0) is 11.3 Å². The van der Waals surface area contributed by atoms with Crippen molar-refractivity contribution in [2.45, 2.75) is 19.9 Å². The van der Waals surface area contributed by atoms with E-state index in [0.29, 0.717) is 24.2 Å². The third-order valence-corrected chi connectivity index (χ3v) is 4.07. The number of hydrogen-bond donors (Lipinski definition) is 1. The molecular formula is C17H22N4O3. The molecule has 1 unspecified atom stereocenters. The molecule has 1 aromatic carbocycles. The fourth-order valence-corrected chi connectivity index (χ4v) is 2.63. The molecule has 7 nitrogen and oxygen atoms in total. The maximum Gasteiger partial charge on any atom is 0.317 e. The van der Waals surface area contributed by atoms with E-state index in [0.717, 1.165) is 25.2 Å². The minimum absolute atomic E-state index is 0.156. The van der Waals surface area contributed by atoms with E-state index in [4.69, 9.17) is 9.26 Å². The molecule has 0 spiro atoms. The lowest BCUT2D eigenvalue weighted by molar-refractivity contribution is 0.171. The molecule has 24 heavy (non-hydrogen) atoms. The van der Waals surface area contributed by atoms with Crippen molar-refractivity contribution in [3.05, 3.63) is 35.7 Å². The number of hydrogen-bond acceptors (Lipinski definition) is 5. The summed E-state index contributed by atoms with van der Waals surface area (Å²) in [5.74, 6) is 1.32. The van der Waals surface area contributed by atoms with E-state index in [1.807, 2.05) is 31.2 Å². The Bertz CT molecular complexity index is 677. The molecule has 128 valence electrons. The molecule has 2 amide bonds. The number of aromatic nitrogens is 2. The van der Waals surface area contributed by atoms with Gasteiger partial charge in [0.2, 0.25) is 11.7 Å². The Morgan fingerprint density at radius 3 is 2.88 bits per heavy atom. The van der Waals surface area contributed by atoms with E-state index in [1.54, 1.807) is 11.9 Å². The average Bonchev–Trinajstić information content (AvgIpc) is 3.25. The summed E-state index contributed by atoms with van der Waals surface area (Å²) in [7, 11) is 1.78. The zero-order chi connectivity index (χ0) is 16.9. The summed E-state index contributed by atoms with van der Waals surface area (Å²) >= 11 is 0. The van der Waals surface area contributed by atoms with Gasteiger partial charge in [-0.3, -0.25) is 0 Å². The zero-order valence-corrected chi connectivity index (χ0v) is 14.0. The van der Waals surface area contributed by atoms with Crippen LogP contribution in [0, 0.1) is 12.8 Å². The highest BCUT2D eigenvalue weighted by atomic mass is 16.5. The Kier molecular flexibility index (Phi) is 5.10. The summed E-state index contributed by atoms with van der Waals surface area (Å²) in [4.78, 5) is 18.1. The van der Waals surface area contributed by atoms with E-state index >= 15 is 0 Å². The maximum absolute atomic E-state index is 12.1. The van der Waals surface area contributed by atoms with Crippen LogP contribution in [0.5, 0.6) is 0 Å². The van der Waals surface area contributed by atoms with E-state index in [2.05, 4.69) is 15.5 Å². The molecular weight excluding hydrogens is 308 g/mol. The van der Waals surface area contributed by atoms with Gasteiger partial charge in [0.05, 0.1) is 13.2 Å². The van der Waals surface area contributed by atoms with Crippen LogP contribution in [0.4, 0.5) is 4.79 Å². The second kappa shape index (κ2) is 7.44. The van der Waals surface area contributed by atoms with Crippen molar-refractivity contribution in [2.75, 3.05) is 26.8 Å². The summed E-state index contributed by atoms with van der Waals surface area (Å²) in [5.41, 5.74) is 2.06. The average molecular weight is 330 g/mol. The van der Waals surface area contributed by atoms with E-state index in [-0.39, 0.29) is 12.6 Å². The molecule has 2 heterocycles. The normalized spacial score (nSPS) is 17.0. The Labute approximate surface area is 141 Å². The van der Waals surface area contributed by atoms with Crippen LogP contribution in [0.1, 0.15) is 17.9 Å². The third kappa shape index (κ3) is 4.11. The van der Waals surface area contributed by atoms with Crippen LogP contribution in [0.25, 0.3) is 11.4 Å². The molecule has 1 saturated heterocycles. The quantitative estimate of drug-likeness (QED) is 0.909. The molecule has 1 aliphatic heterocycles. The first kappa shape index (κ1) is 16.4. The number of ether oxygens (including phenoxy) is 1. The lowest BCUT2D eigenvalue weighted by Crippen LogP contribution is -2.39. The van der Waals surface area contributed by atoms with Gasteiger partial charge in [0, 0.05) is 31.7 Å². The number of urea groups is 1. The summed E-state index contributed by atoms with van der Waals surface area (Å²) < 4.78 is 10.5. The Morgan fingerprint density at radius 1 is 1.38 bits per heavy atom. The van der Waals surface area contributed by atoms with Gasteiger partial charge in [0.25, 0.3) is 0 Å². The highest BCUT2D eigenvalue weighted by Crippen LogP contribution is 2.16. The largest absolute Gasteiger partial charge is 0.381 e. The summed E-state index contributed by atoms with van der Waals surface area (Å²) in [6.07, 6.45) is 1.00. The molecule has 1 atom stereocenters. The summed E-state index contributed by atoms with van der Waals surface area (Å²) in [5, 5.41) is 6.75. The number of carbonyl (C=O) groups excluding carboxylic acids is 1. The number of nitrogens with zero attached hydrogens (tertiary/aromatic N) is 3. The van der Waals surface area contributed by atoms with Gasteiger partial charge >= 0.3 is 6.03 Å². The molecule has 0 bridgehead atoms. The molecule has 1 fully saturated rings. The van der Waals surface area contributed by atoms with Crippen molar-refractivity contribution < 1.29 is 14.1 Å². The first-order valence-electron chi connectivity index (χ1n) is 8.08. The van der Waals surface area contributed by atoms with Gasteiger partial charge in [-0.05, 0) is 13.3 Å². The SMILES string of the molecule is Cc1ccc(-c2noc(CNC(=O)N(C)CC3CCOC3)n2)cc1. The molecule has 1 aromatic heterocycles. The highest BCUT2D eigenvalue weighted by Gasteiger charge is 2.20. The highest BCUT2D eigenvalue weighted by molar-refractivity contribution is 5.73. The fourth-order valence-electron chi connectivity index (χ4n) is 2.63. The van der Waals surface area contributed by atoms with Crippen molar-refractivity contribution in [1.82, 2.24) is 20.4 Å². The Morgan fingerprint density at radius 2 is 2.17 bits per heavy atom. The predicted molar refractivity (Wildman–Crippen MR) is 88.3 cm³/mol. The van der Waals surface area contributed by atoms with E-state index < -0.39 is 0 Å². The molecule has 1 aliphatic rings. The van der Waals surface area contributed by atoms with E-state index in [9.17, 15) is 4.79 Å². The van der Waals surface area contributed by atoms with Crippen molar-refractivity contribution in [1.29, 1.82) is 0 Å². The van der Waals surface area contributed by atoms with Crippen LogP contribution >= 0.6 is 0 Å². The second-order valence-corrected chi connectivity index (χ2v) is 6.15. The van der Waals surface area contributed by atoms with Gasteiger partial charge in [0.15, 0.2) is 0 Å². The number of amides is 2. The lowest BCUT2D eigenvalue weighted by atomic mass is 10.1. The van der Waals surface area contributed by atoms with Crippen molar-refractivity contribution in [3.63, 3.8) is 0 Å². The summed E-state index contributed by atoms with van der Waals surface area (Å²) in [6, 6.07) is 7.72. The van der Waals surface area contributed by atoms with Gasteiger partial charge in [0.1, 0.15) is 0 Å². The number of rotatable bonds is 5. The topological polar surface area (TPSA) is 80.5 Å². The minimum atomic E-state index is -0.156. The second-order valence-electron chi connectivity index (χ2n) is 6.15. The predicted octanol–water partition coefficient (Wildman–Crippen LogP) is 2.22. The number of carbonyl (C=O) groups is 1. The van der Waals surface area contributed by atoms with Crippen molar-refractivity contribution >= 4 is 6.03 Å². The van der Waals surface area contributed by atoms with E-state index in [1.165, 1.54) is 5.56 Å². The van der Waals surface area contributed by atoms with Crippen LogP contribution < -0.4 is 5.32 Å². The third-order valence-electron chi connectivity index (χ3n) is 4.07. The molecule has 0 radical (unpaired) electrons. The minimum Gasteiger partial charge on any atom is -0.381 e. The number of aryl methyl sites for hydroxylation is 1. The van der Waals surface area contributed by atoms with Gasteiger partial charge < -0.3 is 19.5 Å². The lowest BCUT2D eigenvalue weighted by Gasteiger charge is -2.20. The van der Waals surface area contributed by atoms with Gasteiger partial charge in [-0.25, -0.2) is 4.79 Å². The first-order valence-corrected chi connectivity index (χ1v) is 8.08. The van der Waals surface area contributed by atoms with Gasteiger partial charge in [-0.15, -0.1) is 0 Å². The Balaban J connectivity index is 1.51. The molecule has 3 rings (SSSR count). The molecule has 2 aromatic rings. The monoisotopic (exact) mass is 330 g/mol. The maximum atomic E-state index is 12.1. The number of benzene rings is 1. The molecule has 7 heteroatoms. The van der Waals surface area contributed by atoms with Crippen LogP contribution in [0.15, 0.2) is 28.8 Å². The van der Waals surface area contributed by atoms with Crippen LogP contribution in [0.3, 0.4) is 0 Å². The molecule has 0 aliphatic carbocycles. The smallest absolute Gasteiger partial charge is 0.317 e. The van der Waals surface area contributed by atoms with Crippen molar-refractivity contribution in [3.8, 4) is 11.4 Å². The summed E-state index contributed by atoms with van der Waals surface area (Å²) in [6.45, 7) is 4.42. The standard InChI is InChI=1S/C17H22N4O3/c1-12-3-5-14(6-4-12)16-19-15(24-20-16)9-18-17(22)21(2)10-13-7-8-23-11-13/h3-6,13H,7-11H2,1-2H3,(H,18,22).